The van der Waals surface area contributed by atoms with Crippen LogP contribution in [0.4, 0.5) is 5.82 Å². The number of anilines is 1. The topological polar surface area (TPSA) is 93.4 Å². The van der Waals surface area contributed by atoms with Gasteiger partial charge in [0.1, 0.15) is 10.9 Å². The Bertz CT molecular complexity index is 1070. The third-order valence-corrected chi connectivity index (χ3v) is 4.48. The van der Waals surface area contributed by atoms with Crippen LogP contribution in [-0.4, -0.2) is 21.8 Å². The first-order chi connectivity index (χ1) is 12.5. The molecule has 0 aromatic carbocycles. The Hall–Kier alpha value is -3.22. The maximum atomic E-state index is 13.0. The molecule has 7 nitrogen and oxygen atoms in total. The number of carbonyl (C=O) groups is 1. The Morgan fingerprint density at radius 3 is 2.96 bits per heavy atom. The van der Waals surface area contributed by atoms with Crippen molar-refractivity contribution in [2.75, 3.05) is 12.3 Å². The van der Waals surface area contributed by atoms with E-state index in [9.17, 15) is 9.59 Å². The van der Waals surface area contributed by atoms with Gasteiger partial charge in [0, 0.05) is 12.7 Å². The third kappa shape index (κ3) is 2.81. The van der Waals surface area contributed by atoms with Crippen LogP contribution in [0.25, 0.3) is 16.7 Å². The molecule has 134 valence electrons. The summed E-state index contributed by atoms with van der Waals surface area (Å²) in [5, 5.41) is 3.07. The number of fused-ring (bicyclic) bond motifs is 2. The number of hydrogen-bond donors (Lipinski definition) is 2. The van der Waals surface area contributed by atoms with E-state index in [1.54, 1.807) is 29.0 Å². The van der Waals surface area contributed by atoms with Crippen molar-refractivity contribution in [3.63, 3.8) is 0 Å². The van der Waals surface area contributed by atoms with Gasteiger partial charge in [-0.25, -0.2) is 4.57 Å². The van der Waals surface area contributed by atoms with Crippen LogP contribution in [0.5, 0.6) is 0 Å². The van der Waals surface area contributed by atoms with Gasteiger partial charge < -0.3 is 11.1 Å². The molecule has 3 aromatic heterocycles. The first-order valence-corrected chi connectivity index (χ1v) is 8.53. The minimum absolute atomic E-state index is 0.0253. The molecule has 0 aliphatic rings. The average molecular weight is 352 g/mol. The monoisotopic (exact) mass is 352 g/mol. The predicted octanol–water partition coefficient (Wildman–Crippen LogP) is 1.60. The fraction of sp³-hybridized carbons (Fsp3) is 0.263. The predicted molar refractivity (Wildman–Crippen MR) is 101 cm³/mol. The van der Waals surface area contributed by atoms with Crippen LogP contribution in [0.15, 0.2) is 47.9 Å². The van der Waals surface area contributed by atoms with Gasteiger partial charge in [0.05, 0.1) is 6.04 Å². The van der Waals surface area contributed by atoms with Gasteiger partial charge in [-0.05, 0) is 31.5 Å². The molecule has 0 aliphatic heterocycles. The van der Waals surface area contributed by atoms with Crippen LogP contribution in [0, 0.1) is 0 Å². The zero-order chi connectivity index (χ0) is 18.8. The summed E-state index contributed by atoms with van der Waals surface area (Å²) in [5.74, 6) is -0.0560. The van der Waals surface area contributed by atoms with E-state index in [1.165, 1.54) is 10.5 Å². The van der Waals surface area contributed by atoms with E-state index in [4.69, 9.17) is 5.73 Å². The van der Waals surface area contributed by atoms with Gasteiger partial charge in [0.15, 0.2) is 0 Å². The number of carbonyl (C=O) groups excluding carboxylic acids is 1. The van der Waals surface area contributed by atoms with Crippen LogP contribution in [-0.2, 0) is 0 Å². The standard InChI is InChI=1S/C19H21N5O2/c1-4-9-21-18(25)13-11-14-17(24(16(13)20)12(3)5-2)22-15-8-6-7-10-23(15)19(14)26/h4,6-8,10-12,20H,1,5,9H2,2-3H3,(H,21,25)/p+1/t12-/m0/s1. The molecule has 0 unspecified atom stereocenters. The molecule has 1 atom stereocenters. The maximum absolute atomic E-state index is 13.0. The summed E-state index contributed by atoms with van der Waals surface area (Å²) >= 11 is 0. The number of rotatable bonds is 5. The number of nitrogen functional groups attached to an aromatic ring is 1. The van der Waals surface area contributed by atoms with Gasteiger partial charge in [-0.15, -0.1) is 6.58 Å². The molecule has 3 rings (SSSR count). The van der Waals surface area contributed by atoms with Gasteiger partial charge in [-0.2, -0.15) is 0 Å². The minimum atomic E-state index is -0.348. The second-order valence-electron chi connectivity index (χ2n) is 6.15. The molecular formula is C19H22N5O2+. The highest BCUT2D eigenvalue weighted by atomic mass is 16.1. The minimum Gasteiger partial charge on any atom is -0.348 e. The lowest BCUT2D eigenvalue weighted by atomic mass is 10.1. The molecule has 7 heteroatoms. The second-order valence-corrected chi connectivity index (χ2v) is 6.15. The number of nitrogens with zero attached hydrogens (tertiary/aromatic N) is 3. The van der Waals surface area contributed by atoms with Crippen LogP contribution >= 0.6 is 0 Å². The van der Waals surface area contributed by atoms with E-state index in [0.29, 0.717) is 29.0 Å². The average Bonchev–Trinajstić information content (AvgIpc) is 2.65. The summed E-state index contributed by atoms with van der Waals surface area (Å²) in [6, 6.07) is 6.85. The molecule has 3 heterocycles. The van der Waals surface area contributed by atoms with Crippen molar-refractivity contribution in [1.29, 1.82) is 0 Å². The van der Waals surface area contributed by atoms with Gasteiger partial charge in [0.25, 0.3) is 17.1 Å². The van der Waals surface area contributed by atoms with E-state index >= 15 is 0 Å². The number of hydrogen-bond acceptors (Lipinski definition) is 4. The molecule has 3 aromatic rings. The molecule has 0 aliphatic carbocycles. The van der Waals surface area contributed by atoms with Gasteiger partial charge in [-0.1, -0.05) is 24.1 Å². The van der Waals surface area contributed by atoms with E-state index in [1.807, 2.05) is 19.9 Å². The van der Waals surface area contributed by atoms with E-state index in [-0.39, 0.29) is 23.1 Å². The largest absolute Gasteiger partial charge is 0.348 e. The van der Waals surface area contributed by atoms with Gasteiger partial charge in [-0.3, -0.25) is 14.0 Å². The lowest BCUT2D eigenvalue weighted by molar-refractivity contribution is -0.683. The fourth-order valence-electron chi connectivity index (χ4n) is 2.93. The molecule has 0 fully saturated rings. The van der Waals surface area contributed by atoms with Crippen molar-refractivity contribution in [2.24, 2.45) is 0 Å². The maximum Gasteiger partial charge on any atom is 0.278 e. The summed E-state index contributed by atoms with van der Waals surface area (Å²) in [6.07, 6.45) is 4.02. The normalized spacial score (nSPS) is 12.2. The third-order valence-electron chi connectivity index (χ3n) is 4.48. The molecule has 26 heavy (non-hydrogen) atoms. The highest BCUT2D eigenvalue weighted by Gasteiger charge is 2.26. The Morgan fingerprint density at radius 1 is 1.50 bits per heavy atom. The molecule has 0 saturated carbocycles. The zero-order valence-electron chi connectivity index (χ0n) is 14.9. The van der Waals surface area contributed by atoms with Crippen LogP contribution < -0.4 is 21.2 Å². The quantitative estimate of drug-likeness (QED) is 0.414. The Morgan fingerprint density at radius 2 is 2.27 bits per heavy atom. The molecule has 3 N–H and O–H groups in total. The van der Waals surface area contributed by atoms with Crippen molar-refractivity contribution in [3.05, 3.63) is 59.0 Å². The van der Waals surface area contributed by atoms with Crippen LogP contribution in [0.2, 0.25) is 0 Å². The second kappa shape index (κ2) is 6.95. The van der Waals surface area contributed by atoms with Crippen LogP contribution in [0.1, 0.15) is 36.7 Å². The molecule has 0 radical (unpaired) electrons. The van der Waals surface area contributed by atoms with Crippen molar-refractivity contribution in [2.45, 2.75) is 26.3 Å². The van der Waals surface area contributed by atoms with Crippen LogP contribution in [0.3, 0.4) is 0 Å². The molecule has 0 spiro atoms. The Balaban J connectivity index is 2.41. The highest BCUT2D eigenvalue weighted by molar-refractivity contribution is 6.00. The number of amides is 1. The number of pyridine rings is 2. The lowest BCUT2D eigenvalue weighted by Gasteiger charge is -2.16. The number of aromatic nitrogens is 3. The molecule has 1 amide bonds. The zero-order valence-corrected chi connectivity index (χ0v) is 14.9. The molecule has 0 saturated heterocycles. The smallest absolute Gasteiger partial charge is 0.278 e. The van der Waals surface area contributed by atoms with Gasteiger partial charge in [0.2, 0.25) is 11.5 Å². The van der Waals surface area contributed by atoms with E-state index in [2.05, 4.69) is 16.9 Å². The van der Waals surface area contributed by atoms with Gasteiger partial charge >= 0.3 is 0 Å². The Labute approximate surface area is 150 Å². The molecular weight excluding hydrogens is 330 g/mol. The summed E-state index contributed by atoms with van der Waals surface area (Å²) in [4.78, 5) is 30.1. The summed E-state index contributed by atoms with van der Waals surface area (Å²) in [7, 11) is 0. The molecule has 0 bridgehead atoms. The highest BCUT2D eigenvalue weighted by Crippen LogP contribution is 2.18. The van der Waals surface area contributed by atoms with Crippen molar-refractivity contribution in [3.8, 4) is 0 Å². The SMILES string of the molecule is C=CCNC(=O)c1cc2c(=O)n3ccccc3nc2[n+]([C@@H](C)CC)c1N. The van der Waals surface area contributed by atoms with E-state index < -0.39 is 0 Å². The lowest BCUT2D eigenvalue weighted by Crippen LogP contribution is -2.45. The first-order valence-electron chi connectivity index (χ1n) is 8.53. The summed E-state index contributed by atoms with van der Waals surface area (Å²) < 4.78 is 3.23. The summed E-state index contributed by atoms with van der Waals surface area (Å²) in [6.45, 7) is 7.90. The number of nitrogens with one attached hydrogen (secondary N) is 1. The van der Waals surface area contributed by atoms with E-state index in [0.717, 1.165) is 6.42 Å². The van der Waals surface area contributed by atoms with Crippen molar-refractivity contribution >= 4 is 28.4 Å². The Kier molecular flexibility index (Phi) is 4.71. The first kappa shape index (κ1) is 17.6. The fourth-order valence-corrected chi connectivity index (χ4v) is 2.93. The van der Waals surface area contributed by atoms with Crippen molar-refractivity contribution < 1.29 is 9.36 Å². The number of nitrogens with two attached hydrogens (primary N) is 1. The van der Waals surface area contributed by atoms with Crippen molar-refractivity contribution in [1.82, 2.24) is 14.7 Å². The summed E-state index contributed by atoms with van der Waals surface area (Å²) in [5.41, 5.74) is 7.36.